The highest BCUT2D eigenvalue weighted by atomic mass is 35.5. The summed E-state index contributed by atoms with van der Waals surface area (Å²) in [4.78, 5) is 14.1. The van der Waals surface area contributed by atoms with Crippen LogP contribution in [0.5, 0.6) is 0 Å². The van der Waals surface area contributed by atoms with Crippen LogP contribution < -0.4 is 5.32 Å². The Hall–Kier alpha value is -2.39. The van der Waals surface area contributed by atoms with E-state index in [1.165, 1.54) is 18.2 Å². The lowest BCUT2D eigenvalue weighted by Gasteiger charge is -2.07. The van der Waals surface area contributed by atoms with Gasteiger partial charge < -0.3 is 5.32 Å². The van der Waals surface area contributed by atoms with Crippen molar-refractivity contribution >= 4 is 28.8 Å². The Labute approximate surface area is 167 Å². The minimum atomic E-state index is 0.733. The molecule has 0 fully saturated rings. The number of fused-ring (bicyclic) bond motifs is 1. The average molecular weight is 385 g/mol. The van der Waals surface area contributed by atoms with Crippen LogP contribution in [0, 0.1) is 0 Å². The van der Waals surface area contributed by atoms with Crippen molar-refractivity contribution in [1.29, 1.82) is 0 Å². The van der Waals surface area contributed by atoms with Crippen LogP contribution in [0.15, 0.2) is 60.8 Å². The summed E-state index contributed by atoms with van der Waals surface area (Å²) < 4.78 is 0. The summed E-state index contributed by atoms with van der Waals surface area (Å²) in [5.41, 5.74) is 1.92. The predicted molar refractivity (Wildman–Crippen MR) is 117 cm³/mol. The number of unbranched alkanes of at least 4 members (excludes halogenated alkanes) is 2. The van der Waals surface area contributed by atoms with Crippen LogP contribution in [0.1, 0.15) is 40.0 Å². The molecule has 3 rings (SSSR count). The van der Waals surface area contributed by atoms with Crippen molar-refractivity contribution in [3.8, 4) is 11.3 Å². The second-order valence-electron chi connectivity index (χ2n) is 5.64. The van der Waals surface area contributed by atoms with E-state index >= 15 is 0 Å². The molecule has 0 atom stereocenters. The van der Waals surface area contributed by atoms with Crippen LogP contribution in [0.4, 0.5) is 0 Å². The zero-order valence-electron chi connectivity index (χ0n) is 16.4. The van der Waals surface area contributed by atoms with Gasteiger partial charge in [0.15, 0.2) is 0 Å². The van der Waals surface area contributed by atoms with Gasteiger partial charge in [-0.25, -0.2) is 0 Å². The SMILES string of the molecule is CC.CCCCCNC=O.Clc1ccccc1-c1nccc2ccccc12. The molecule has 1 heterocycles. The molecule has 1 amide bonds. The summed E-state index contributed by atoms with van der Waals surface area (Å²) in [6.07, 6.45) is 6.09. The minimum absolute atomic E-state index is 0.733. The van der Waals surface area contributed by atoms with E-state index in [4.69, 9.17) is 11.6 Å². The Morgan fingerprint density at radius 2 is 1.70 bits per heavy atom. The van der Waals surface area contributed by atoms with Crippen LogP contribution in [-0.2, 0) is 4.79 Å². The number of hydrogen-bond donors (Lipinski definition) is 1. The molecule has 2 aromatic carbocycles. The van der Waals surface area contributed by atoms with E-state index in [1.54, 1.807) is 0 Å². The number of pyridine rings is 1. The van der Waals surface area contributed by atoms with E-state index in [0.29, 0.717) is 0 Å². The van der Waals surface area contributed by atoms with Gasteiger partial charge in [-0.05, 0) is 23.9 Å². The average Bonchev–Trinajstić information content (AvgIpc) is 2.73. The highest BCUT2D eigenvalue weighted by molar-refractivity contribution is 6.33. The fourth-order valence-corrected chi connectivity index (χ4v) is 2.75. The van der Waals surface area contributed by atoms with Crippen molar-refractivity contribution in [3.63, 3.8) is 0 Å². The maximum Gasteiger partial charge on any atom is 0.207 e. The van der Waals surface area contributed by atoms with Gasteiger partial charge in [-0.2, -0.15) is 0 Å². The van der Waals surface area contributed by atoms with Gasteiger partial charge in [0.1, 0.15) is 0 Å². The predicted octanol–water partition coefficient (Wildman–Crippen LogP) is 6.50. The lowest BCUT2D eigenvalue weighted by Crippen LogP contribution is -2.11. The van der Waals surface area contributed by atoms with E-state index in [2.05, 4.69) is 29.4 Å². The fraction of sp³-hybridized carbons (Fsp3) is 0.304. The number of carbonyl (C=O) groups excluding carboxylic acids is 1. The van der Waals surface area contributed by atoms with E-state index in [9.17, 15) is 4.79 Å². The number of amides is 1. The number of rotatable bonds is 6. The second kappa shape index (κ2) is 13.8. The monoisotopic (exact) mass is 384 g/mol. The number of nitrogens with zero attached hydrogens (tertiary/aromatic N) is 1. The number of benzene rings is 2. The van der Waals surface area contributed by atoms with Crippen LogP contribution in [0.2, 0.25) is 5.02 Å². The third-order valence-electron chi connectivity index (χ3n) is 3.81. The number of carbonyl (C=O) groups is 1. The van der Waals surface area contributed by atoms with Gasteiger partial charge in [0, 0.05) is 28.7 Å². The zero-order chi connectivity index (χ0) is 19.9. The smallest absolute Gasteiger partial charge is 0.207 e. The molecule has 0 aliphatic carbocycles. The molecule has 1 aromatic heterocycles. The molecule has 3 nitrogen and oxygen atoms in total. The van der Waals surface area contributed by atoms with Crippen molar-refractivity contribution in [2.45, 2.75) is 40.0 Å². The summed E-state index contributed by atoms with van der Waals surface area (Å²) in [5.74, 6) is 0. The fourth-order valence-electron chi connectivity index (χ4n) is 2.52. The quantitative estimate of drug-likeness (QED) is 0.389. The van der Waals surface area contributed by atoms with Crippen LogP contribution in [-0.4, -0.2) is 17.9 Å². The lowest BCUT2D eigenvalue weighted by molar-refractivity contribution is -0.109. The summed E-state index contributed by atoms with van der Waals surface area (Å²) in [7, 11) is 0. The number of nitrogens with one attached hydrogen (secondary N) is 1. The van der Waals surface area contributed by atoms with Gasteiger partial charge >= 0.3 is 0 Å². The largest absolute Gasteiger partial charge is 0.359 e. The minimum Gasteiger partial charge on any atom is -0.359 e. The highest BCUT2D eigenvalue weighted by Crippen LogP contribution is 2.31. The van der Waals surface area contributed by atoms with Gasteiger partial charge in [-0.1, -0.05) is 87.7 Å². The highest BCUT2D eigenvalue weighted by Gasteiger charge is 2.07. The van der Waals surface area contributed by atoms with Crippen LogP contribution >= 0.6 is 11.6 Å². The van der Waals surface area contributed by atoms with E-state index in [-0.39, 0.29) is 0 Å². The molecule has 0 saturated heterocycles. The van der Waals surface area contributed by atoms with Gasteiger partial charge in [-0.15, -0.1) is 0 Å². The molecular formula is C23H29ClN2O. The molecule has 27 heavy (non-hydrogen) atoms. The normalized spacial score (nSPS) is 9.48. The first kappa shape index (κ1) is 22.7. The Kier molecular flexibility index (Phi) is 11.5. The lowest BCUT2D eigenvalue weighted by atomic mass is 10.0. The Morgan fingerprint density at radius 3 is 2.41 bits per heavy atom. The van der Waals surface area contributed by atoms with Crippen molar-refractivity contribution in [2.24, 2.45) is 0 Å². The molecule has 0 bridgehead atoms. The first-order chi connectivity index (χ1) is 13.3. The molecule has 144 valence electrons. The second-order valence-corrected chi connectivity index (χ2v) is 6.05. The first-order valence-electron chi connectivity index (χ1n) is 9.53. The van der Waals surface area contributed by atoms with Crippen LogP contribution in [0.25, 0.3) is 22.0 Å². The molecule has 0 aliphatic rings. The molecule has 4 heteroatoms. The third-order valence-corrected chi connectivity index (χ3v) is 4.14. The molecule has 0 aliphatic heterocycles. The summed E-state index contributed by atoms with van der Waals surface area (Å²) in [5, 5.41) is 5.64. The standard InChI is InChI=1S/C15H10ClN.C6H13NO.C2H6/c16-14-8-4-3-7-13(14)15-12-6-2-1-5-11(12)9-10-17-15;1-2-3-4-5-7-6-8;1-2/h1-10H;6H,2-5H2,1H3,(H,7,8);1-2H3. The molecule has 1 N–H and O–H groups in total. The van der Waals surface area contributed by atoms with Gasteiger partial charge in [-0.3, -0.25) is 9.78 Å². The van der Waals surface area contributed by atoms with Crippen molar-refractivity contribution in [3.05, 3.63) is 65.8 Å². The van der Waals surface area contributed by atoms with E-state index in [1.807, 2.05) is 62.5 Å². The van der Waals surface area contributed by atoms with E-state index in [0.717, 1.165) is 41.0 Å². The molecular weight excluding hydrogens is 356 g/mol. The Morgan fingerprint density at radius 1 is 1.00 bits per heavy atom. The topological polar surface area (TPSA) is 42.0 Å². The maximum absolute atomic E-state index is 9.66. The molecule has 0 saturated carbocycles. The van der Waals surface area contributed by atoms with Gasteiger partial charge in [0.25, 0.3) is 0 Å². The Bertz CT molecular complexity index is 800. The van der Waals surface area contributed by atoms with Crippen LogP contribution in [0.3, 0.4) is 0 Å². The Balaban J connectivity index is 0.000000312. The molecule has 3 aromatic rings. The van der Waals surface area contributed by atoms with E-state index < -0.39 is 0 Å². The van der Waals surface area contributed by atoms with Gasteiger partial charge in [0.05, 0.1) is 5.69 Å². The van der Waals surface area contributed by atoms with Crippen molar-refractivity contribution in [2.75, 3.05) is 6.54 Å². The third kappa shape index (κ3) is 7.40. The zero-order valence-corrected chi connectivity index (χ0v) is 17.2. The summed E-state index contributed by atoms with van der Waals surface area (Å²) in [6, 6.07) is 18.0. The summed E-state index contributed by atoms with van der Waals surface area (Å²) in [6.45, 7) is 6.97. The first-order valence-corrected chi connectivity index (χ1v) is 9.91. The van der Waals surface area contributed by atoms with Crippen molar-refractivity contribution < 1.29 is 4.79 Å². The molecule has 0 radical (unpaired) electrons. The van der Waals surface area contributed by atoms with Gasteiger partial charge in [0.2, 0.25) is 6.41 Å². The molecule has 0 unspecified atom stereocenters. The number of aromatic nitrogens is 1. The summed E-state index contributed by atoms with van der Waals surface area (Å²) >= 11 is 6.22. The molecule has 0 spiro atoms. The maximum atomic E-state index is 9.66. The number of halogens is 1. The number of hydrogen-bond acceptors (Lipinski definition) is 2. The van der Waals surface area contributed by atoms with Crippen molar-refractivity contribution in [1.82, 2.24) is 10.3 Å².